The molecule has 0 aliphatic carbocycles. The van der Waals surface area contributed by atoms with E-state index in [0.717, 1.165) is 35.7 Å². The fraction of sp³-hybridized carbons (Fsp3) is 0.130. The number of hydrogen-bond acceptors (Lipinski definition) is 8. The molecule has 3 N–H and O–H groups in total. The fourth-order valence-electron chi connectivity index (χ4n) is 2.87. The molecular formula is C23H23N7S. The lowest BCUT2D eigenvalue weighted by molar-refractivity contribution is 1.02. The minimum absolute atomic E-state index is 0.492. The van der Waals surface area contributed by atoms with Gasteiger partial charge in [0.1, 0.15) is 5.82 Å². The zero-order chi connectivity index (χ0) is 21.3. The van der Waals surface area contributed by atoms with Crippen LogP contribution in [0, 0.1) is 0 Å². The van der Waals surface area contributed by atoms with Gasteiger partial charge in [0.05, 0.1) is 5.71 Å². The van der Waals surface area contributed by atoms with Gasteiger partial charge in [-0.05, 0) is 49.1 Å². The highest BCUT2D eigenvalue weighted by atomic mass is 32.1. The molecule has 0 fully saturated rings. The predicted molar refractivity (Wildman–Crippen MR) is 128 cm³/mol. The summed E-state index contributed by atoms with van der Waals surface area (Å²) in [5, 5.41) is 13.2. The average molecular weight is 430 g/mol. The molecule has 0 radical (unpaired) electrons. The van der Waals surface area contributed by atoms with Gasteiger partial charge in [0, 0.05) is 41.1 Å². The van der Waals surface area contributed by atoms with Crippen LogP contribution in [0.3, 0.4) is 0 Å². The SMILES string of the molecule is CC(=NNc1cc(NCCc2cccs2)nc(Nc2ccccc2)n1)c1ccncc1. The Balaban J connectivity index is 1.51. The summed E-state index contributed by atoms with van der Waals surface area (Å²) in [4.78, 5) is 14.5. The van der Waals surface area contributed by atoms with Crippen LogP contribution in [0.4, 0.5) is 23.3 Å². The van der Waals surface area contributed by atoms with Gasteiger partial charge in [0.25, 0.3) is 0 Å². The number of rotatable bonds is 9. The summed E-state index contributed by atoms with van der Waals surface area (Å²) >= 11 is 1.76. The van der Waals surface area contributed by atoms with Crippen LogP contribution in [0.2, 0.25) is 0 Å². The summed E-state index contributed by atoms with van der Waals surface area (Å²) in [7, 11) is 0. The minimum atomic E-state index is 0.492. The molecule has 0 aliphatic rings. The number of benzene rings is 1. The van der Waals surface area contributed by atoms with E-state index in [0.29, 0.717) is 11.8 Å². The molecule has 0 spiro atoms. The van der Waals surface area contributed by atoms with Crippen molar-refractivity contribution >= 4 is 40.3 Å². The molecule has 0 aliphatic heterocycles. The number of pyridine rings is 1. The second-order valence-electron chi connectivity index (χ2n) is 6.75. The van der Waals surface area contributed by atoms with Crippen molar-refractivity contribution in [2.45, 2.75) is 13.3 Å². The van der Waals surface area contributed by atoms with Gasteiger partial charge < -0.3 is 10.6 Å². The molecule has 31 heavy (non-hydrogen) atoms. The van der Waals surface area contributed by atoms with Crippen LogP contribution in [0.1, 0.15) is 17.4 Å². The highest BCUT2D eigenvalue weighted by Gasteiger charge is 2.06. The van der Waals surface area contributed by atoms with Crippen LogP contribution >= 0.6 is 11.3 Å². The number of hydrogen-bond donors (Lipinski definition) is 3. The largest absolute Gasteiger partial charge is 0.369 e. The van der Waals surface area contributed by atoms with Gasteiger partial charge >= 0.3 is 0 Å². The quantitative estimate of drug-likeness (QED) is 0.251. The lowest BCUT2D eigenvalue weighted by atomic mass is 10.2. The van der Waals surface area contributed by atoms with E-state index in [-0.39, 0.29) is 0 Å². The van der Waals surface area contributed by atoms with Crippen LogP contribution in [0.25, 0.3) is 0 Å². The third-order valence-corrected chi connectivity index (χ3v) is 5.39. The first-order valence-electron chi connectivity index (χ1n) is 9.94. The topological polar surface area (TPSA) is 87.1 Å². The Kier molecular flexibility index (Phi) is 6.81. The van der Waals surface area contributed by atoms with Gasteiger partial charge in [-0.15, -0.1) is 11.3 Å². The Morgan fingerprint density at radius 1 is 0.968 bits per heavy atom. The van der Waals surface area contributed by atoms with E-state index in [2.05, 4.69) is 53.6 Å². The Morgan fingerprint density at radius 2 is 1.77 bits per heavy atom. The number of thiophene rings is 1. The van der Waals surface area contributed by atoms with Crippen molar-refractivity contribution in [1.29, 1.82) is 0 Å². The van der Waals surface area contributed by atoms with Crippen LogP contribution in [-0.4, -0.2) is 27.2 Å². The molecule has 156 valence electrons. The van der Waals surface area contributed by atoms with E-state index in [1.54, 1.807) is 23.7 Å². The Morgan fingerprint density at radius 3 is 2.55 bits per heavy atom. The van der Waals surface area contributed by atoms with Gasteiger partial charge in [-0.2, -0.15) is 15.1 Å². The smallest absolute Gasteiger partial charge is 0.231 e. The van der Waals surface area contributed by atoms with Crippen LogP contribution < -0.4 is 16.1 Å². The van der Waals surface area contributed by atoms with Crippen molar-refractivity contribution in [1.82, 2.24) is 15.0 Å². The van der Waals surface area contributed by atoms with Crippen LogP contribution in [0.5, 0.6) is 0 Å². The standard InChI is InChI=1S/C23H23N7S/c1-17(18-9-12-24-13-10-18)29-30-22-16-21(25-14-11-20-8-5-15-31-20)27-23(28-22)26-19-6-3-2-4-7-19/h2-10,12-13,15-16H,11,14H2,1H3,(H3,25,26,27,28,30). The molecule has 0 atom stereocenters. The number of aromatic nitrogens is 3. The van der Waals surface area contributed by atoms with Crippen molar-refractivity contribution in [2.75, 3.05) is 22.6 Å². The first kappa shape index (κ1) is 20.5. The van der Waals surface area contributed by atoms with Crippen LogP contribution in [0.15, 0.2) is 83.5 Å². The highest BCUT2D eigenvalue weighted by Crippen LogP contribution is 2.19. The first-order chi connectivity index (χ1) is 15.3. The van der Waals surface area contributed by atoms with Crippen molar-refractivity contribution < 1.29 is 0 Å². The lowest BCUT2D eigenvalue weighted by Gasteiger charge is -2.11. The van der Waals surface area contributed by atoms with Crippen molar-refractivity contribution in [3.63, 3.8) is 0 Å². The number of hydrazone groups is 1. The molecule has 0 amide bonds. The second-order valence-corrected chi connectivity index (χ2v) is 7.79. The summed E-state index contributed by atoms with van der Waals surface area (Å²) in [5.41, 5.74) is 5.80. The van der Waals surface area contributed by atoms with Crippen molar-refractivity contribution in [3.8, 4) is 0 Å². The van der Waals surface area contributed by atoms with Gasteiger partial charge in [-0.3, -0.25) is 10.4 Å². The molecule has 4 rings (SSSR count). The summed E-state index contributed by atoms with van der Waals surface area (Å²) in [6.45, 7) is 2.72. The first-order valence-corrected chi connectivity index (χ1v) is 10.8. The molecule has 8 heteroatoms. The zero-order valence-corrected chi connectivity index (χ0v) is 17.9. The van der Waals surface area contributed by atoms with Gasteiger partial charge in [-0.1, -0.05) is 24.3 Å². The molecule has 4 aromatic rings. The number of anilines is 4. The van der Waals surface area contributed by atoms with Crippen molar-refractivity contribution in [2.24, 2.45) is 5.10 Å². The molecule has 1 aromatic carbocycles. The van der Waals surface area contributed by atoms with E-state index in [1.807, 2.05) is 55.5 Å². The summed E-state index contributed by atoms with van der Waals surface area (Å²) in [6.07, 6.45) is 4.43. The van der Waals surface area contributed by atoms with Gasteiger partial charge in [0.2, 0.25) is 5.95 Å². The minimum Gasteiger partial charge on any atom is -0.369 e. The Hall–Kier alpha value is -3.78. The molecule has 0 saturated heterocycles. The number of para-hydroxylation sites is 1. The summed E-state index contributed by atoms with van der Waals surface area (Å²) < 4.78 is 0. The monoisotopic (exact) mass is 429 g/mol. The Labute approximate surface area is 185 Å². The maximum Gasteiger partial charge on any atom is 0.231 e. The maximum absolute atomic E-state index is 4.61. The normalized spacial score (nSPS) is 11.2. The van der Waals surface area contributed by atoms with E-state index in [9.17, 15) is 0 Å². The second kappa shape index (κ2) is 10.3. The van der Waals surface area contributed by atoms with E-state index < -0.39 is 0 Å². The highest BCUT2D eigenvalue weighted by molar-refractivity contribution is 7.09. The van der Waals surface area contributed by atoms with Gasteiger partial charge in [-0.25, -0.2) is 0 Å². The van der Waals surface area contributed by atoms with E-state index >= 15 is 0 Å². The molecular weight excluding hydrogens is 406 g/mol. The maximum atomic E-state index is 4.61. The summed E-state index contributed by atoms with van der Waals surface area (Å²) in [6, 6.07) is 19.7. The number of nitrogens with one attached hydrogen (secondary N) is 3. The third kappa shape index (κ3) is 6.10. The zero-order valence-electron chi connectivity index (χ0n) is 17.1. The molecule has 3 heterocycles. The molecule has 0 saturated carbocycles. The third-order valence-electron chi connectivity index (χ3n) is 4.45. The molecule has 7 nitrogen and oxygen atoms in total. The average Bonchev–Trinajstić information content (AvgIpc) is 3.32. The molecule has 3 aromatic heterocycles. The predicted octanol–water partition coefficient (Wildman–Crippen LogP) is 5.17. The number of nitrogens with zero attached hydrogens (tertiary/aromatic N) is 4. The van der Waals surface area contributed by atoms with Crippen LogP contribution in [-0.2, 0) is 6.42 Å². The fourth-order valence-corrected chi connectivity index (χ4v) is 3.58. The molecule has 0 bridgehead atoms. The molecule has 0 unspecified atom stereocenters. The lowest BCUT2D eigenvalue weighted by Crippen LogP contribution is -2.09. The van der Waals surface area contributed by atoms with E-state index in [4.69, 9.17) is 0 Å². The van der Waals surface area contributed by atoms with Crippen molar-refractivity contribution in [3.05, 3.63) is 88.9 Å². The summed E-state index contributed by atoms with van der Waals surface area (Å²) in [5.74, 6) is 1.82. The Bertz CT molecular complexity index is 1110. The van der Waals surface area contributed by atoms with E-state index in [1.165, 1.54) is 4.88 Å². The van der Waals surface area contributed by atoms with Gasteiger partial charge in [0.15, 0.2) is 5.82 Å².